The van der Waals surface area contributed by atoms with E-state index in [1.54, 1.807) is 0 Å². The Hall–Kier alpha value is -1.68. The van der Waals surface area contributed by atoms with Gasteiger partial charge in [0, 0.05) is 6.07 Å². The van der Waals surface area contributed by atoms with Gasteiger partial charge in [-0.3, -0.25) is 0 Å². The molecule has 0 unspecified atom stereocenters. The van der Waals surface area contributed by atoms with E-state index in [0.29, 0.717) is 9.99 Å². The molecule has 0 aliphatic rings. The number of halogens is 1. The molecule has 1 aromatic heterocycles. The summed E-state index contributed by atoms with van der Waals surface area (Å²) in [6, 6.07) is 1.35. The number of aromatic hydroxyl groups is 1. The number of aromatic nitrogens is 2. The molecular formula is C6H2BrN4O2+. The lowest BCUT2D eigenvalue weighted by Gasteiger charge is -1.88. The van der Waals surface area contributed by atoms with Crippen LogP contribution in [0.2, 0.25) is 0 Å². The van der Waals surface area contributed by atoms with Crippen molar-refractivity contribution in [3.8, 4) is 5.75 Å². The van der Waals surface area contributed by atoms with Crippen LogP contribution in [-0.4, -0.2) is 15.4 Å². The predicted octanol–water partition coefficient (Wildman–Crippen LogP) is 2.18. The van der Waals surface area contributed by atoms with Crippen LogP contribution in [0.3, 0.4) is 0 Å². The molecule has 0 saturated heterocycles. The first-order valence-electron chi connectivity index (χ1n) is 3.23. The smallest absolute Gasteiger partial charge is 0.457 e. The first-order valence-corrected chi connectivity index (χ1v) is 4.02. The molecule has 0 saturated carbocycles. The summed E-state index contributed by atoms with van der Waals surface area (Å²) in [5, 5.41) is 24.9. The first-order chi connectivity index (χ1) is 6.24. The van der Waals surface area contributed by atoms with E-state index >= 15 is 0 Å². The van der Waals surface area contributed by atoms with E-state index in [4.69, 9.17) is 5.39 Å². The molecule has 0 amide bonds. The highest BCUT2D eigenvalue weighted by atomic mass is 79.9. The predicted molar refractivity (Wildman–Crippen MR) is 45.9 cm³/mol. The van der Waals surface area contributed by atoms with E-state index in [2.05, 4.69) is 35.8 Å². The van der Waals surface area contributed by atoms with Crippen molar-refractivity contribution in [3.63, 3.8) is 0 Å². The number of diazo groups is 1. The van der Waals surface area contributed by atoms with Gasteiger partial charge in [0.25, 0.3) is 0 Å². The van der Waals surface area contributed by atoms with Crippen LogP contribution in [0.5, 0.6) is 5.75 Å². The van der Waals surface area contributed by atoms with E-state index in [9.17, 15) is 5.11 Å². The topological polar surface area (TPSA) is 87.3 Å². The van der Waals surface area contributed by atoms with Crippen molar-refractivity contribution in [1.82, 2.24) is 10.3 Å². The van der Waals surface area contributed by atoms with Crippen molar-refractivity contribution in [2.24, 2.45) is 0 Å². The molecule has 0 aliphatic carbocycles. The quantitative estimate of drug-likeness (QED) is 0.715. The number of benzene rings is 1. The van der Waals surface area contributed by atoms with Crippen molar-refractivity contribution in [1.29, 1.82) is 5.39 Å². The maximum Gasteiger partial charge on any atom is 0.457 e. The van der Waals surface area contributed by atoms with Crippen molar-refractivity contribution in [2.75, 3.05) is 0 Å². The van der Waals surface area contributed by atoms with Gasteiger partial charge in [-0.15, -0.1) is 0 Å². The molecule has 0 atom stereocenters. The lowest BCUT2D eigenvalue weighted by Crippen LogP contribution is -1.74. The van der Waals surface area contributed by atoms with Gasteiger partial charge in [-0.2, -0.15) is 0 Å². The van der Waals surface area contributed by atoms with Crippen LogP contribution in [0.4, 0.5) is 5.69 Å². The monoisotopic (exact) mass is 241 g/mol. The number of hydrogen-bond acceptors (Lipinski definition) is 5. The van der Waals surface area contributed by atoms with Gasteiger partial charge in [0.15, 0.2) is 10.5 Å². The van der Waals surface area contributed by atoms with Gasteiger partial charge in [-0.1, -0.05) is 0 Å². The minimum absolute atomic E-state index is 0.0561. The van der Waals surface area contributed by atoms with Crippen LogP contribution >= 0.6 is 15.9 Å². The number of fused-ring (bicyclic) bond motifs is 1. The lowest BCUT2D eigenvalue weighted by molar-refractivity contribution is 0.315. The summed E-state index contributed by atoms with van der Waals surface area (Å²) in [6.07, 6.45) is 0. The Bertz CT molecular complexity index is 515. The zero-order valence-electron chi connectivity index (χ0n) is 6.10. The Labute approximate surface area is 79.9 Å². The molecule has 1 N–H and O–H groups in total. The normalized spacial score (nSPS) is 10.2. The van der Waals surface area contributed by atoms with E-state index in [1.807, 2.05) is 0 Å². The number of phenolic OH excluding ortho intramolecular Hbond substituents is 1. The average Bonchev–Trinajstić information content (AvgIpc) is 2.53. The Morgan fingerprint density at radius 2 is 2.15 bits per heavy atom. The summed E-state index contributed by atoms with van der Waals surface area (Å²) in [5.41, 5.74) is 0.541. The van der Waals surface area contributed by atoms with Crippen molar-refractivity contribution >= 4 is 32.7 Å². The highest BCUT2D eigenvalue weighted by Crippen LogP contribution is 2.37. The molecule has 0 bridgehead atoms. The zero-order valence-corrected chi connectivity index (χ0v) is 7.69. The van der Waals surface area contributed by atoms with Crippen LogP contribution in [0.1, 0.15) is 0 Å². The number of rotatable bonds is 0. The van der Waals surface area contributed by atoms with Gasteiger partial charge in [0.1, 0.15) is 0 Å². The summed E-state index contributed by atoms with van der Waals surface area (Å²) in [5.74, 6) is -0.197. The highest BCUT2D eigenvalue weighted by Gasteiger charge is 2.25. The Morgan fingerprint density at radius 1 is 1.46 bits per heavy atom. The molecule has 1 heterocycles. The van der Waals surface area contributed by atoms with Crippen molar-refractivity contribution < 1.29 is 9.74 Å². The molecule has 0 aliphatic heterocycles. The molecule has 1 aromatic carbocycles. The van der Waals surface area contributed by atoms with Crippen LogP contribution < -0.4 is 0 Å². The molecule has 0 radical (unpaired) electrons. The summed E-state index contributed by atoms with van der Waals surface area (Å²) in [4.78, 5) is 2.88. The van der Waals surface area contributed by atoms with E-state index in [-0.39, 0.29) is 17.0 Å². The SMILES string of the molecule is N#[N+]c1c(O)cc(Br)c2nonc12. The summed E-state index contributed by atoms with van der Waals surface area (Å²) in [6.45, 7) is 0. The highest BCUT2D eigenvalue weighted by molar-refractivity contribution is 9.10. The van der Waals surface area contributed by atoms with Crippen LogP contribution in [0.25, 0.3) is 16.0 Å². The maximum absolute atomic E-state index is 9.31. The third kappa shape index (κ3) is 1.03. The fourth-order valence-corrected chi connectivity index (χ4v) is 1.45. The summed E-state index contributed by atoms with van der Waals surface area (Å²) in [7, 11) is 0. The van der Waals surface area contributed by atoms with E-state index in [1.165, 1.54) is 6.07 Å². The number of hydrogen-bond donors (Lipinski definition) is 1. The van der Waals surface area contributed by atoms with E-state index < -0.39 is 0 Å². The van der Waals surface area contributed by atoms with E-state index in [0.717, 1.165) is 0 Å². The number of phenols is 1. The Morgan fingerprint density at radius 3 is 2.85 bits per heavy atom. The van der Waals surface area contributed by atoms with Gasteiger partial charge in [-0.25, -0.2) is 4.63 Å². The second kappa shape index (κ2) is 2.67. The lowest BCUT2D eigenvalue weighted by atomic mass is 10.2. The largest absolute Gasteiger partial charge is 0.501 e. The van der Waals surface area contributed by atoms with Crippen molar-refractivity contribution in [3.05, 3.63) is 15.5 Å². The molecule has 0 fully saturated rings. The molecule has 2 rings (SSSR count). The minimum atomic E-state index is -0.197. The van der Waals surface area contributed by atoms with Gasteiger partial charge in [-0.05, 0) is 26.2 Å². The molecule has 13 heavy (non-hydrogen) atoms. The molecule has 6 nitrogen and oxygen atoms in total. The second-order valence-corrected chi connectivity index (χ2v) is 3.14. The standard InChI is InChI=1S/C6HBrN4O2/c7-2-1-3(12)5(9-8)6-4(2)10-13-11-6/h1H/p+1. The Kier molecular flexibility index (Phi) is 1.63. The third-order valence-electron chi connectivity index (χ3n) is 1.55. The minimum Gasteiger partial charge on any atom is -0.501 e. The molecule has 7 heteroatoms. The maximum atomic E-state index is 9.31. The van der Waals surface area contributed by atoms with Gasteiger partial charge < -0.3 is 5.11 Å². The third-order valence-corrected chi connectivity index (χ3v) is 2.15. The fourth-order valence-electron chi connectivity index (χ4n) is 0.977. The molecule has 64 valence electrons. The van der Waals surface area contributed by atoms with Gasteiger partial charge >= 0.3 is 5.69 Å². The summed E-state index contributed by atoms with van der Waals surface area (Å²) >= 11 is 3.14. The van der Waals surface area contributed by atoms with Crippen LogP contribution in [0.15, 0.2) is 15.2 Å². The summed E-state index contributed by atoms with van der Waals surface area (Å²) < 4.78 is 4.95. The molecular weight excluding hydrogens is 240 g/mol. The average molecular weight is 242 g/mol. The van der Waals surface area contributed by atoms with Crippen LogP contribution in [0, 0.1) is 5.39 Å². The molecule has 2 aromatic rings. The Balaban J connectivity index is 2.99. The van der Waals surface area contributed by atoms with Gasteiger partial charge in [0.2, 0.25) is 16.7 Å². The second-order valence-electron chi connectivity index (χ2n) is 2.29. The van der Waals surface area contributed by atoms with Crippen LogP contribution in [-0.2, 0) is 0 Å². The first kappa shape index (κ1) is 7.94. The zero-order chi connectivity index (χ0) is 9.42. The van der Waals surface area contributed by atoms with Crippen molar-refractivity contribution in [2.45, 2.75) is 0 Å². The van der Waals surface area contributed by atoms with Gasteiger partial charge in [0.05, 0.1) is 4.47 Å². The number of nitrogens with zero attached hydrogens (tertiary/aromatic N) is 4. The molecule has 0 spiro atoms. The fraction of sp³-hybridized carbons (Fsp3) is 0.